The second-order valence-electron chi connectivity index (χ2n) is 2.72. The van der Waals surface area contributed by atoms with E-state index in [4.69, 9.17) is 11.6 Å². The Labute approximate surface area is 85.1 Å². The molecule has 2 aromatic rings. The normalized spacial score (nSPS) is 10.4. The second kappa shape index (κ2) is 3.31. The molecule has 0 N–H and O–H groups in total. The summed E-state index contributed by atoms with van der Waals surface area (Å²) < 4.78 is 6.17. The number of pyridine rings is 1. The Hall–Kier alpha value is -1.55. The number of imidazole rings is 1. The molecule has 2 aromatic heterocycles. The van der Waals surface area contributed by atoms with Gasteiger partial charge in [-0.3, -0.25) is 4.40 Å². The largest absolute Gasteiger partial charge is 0.463 e. The lowest BCUT2D eigenvalue weighted by Gasteiger charge is -1.99. The minimum Gasteiger partial charge on any atom is -0.463 e. The van der Waals surface area contributed by atoms with Crippen molar-refractivity contribution in [3.8, 4) is 0 Å². The molecule has 0 aliphatic carbocycles. The van der Waals surface area contributed by atoms with E-state index in [0.717, 1.165) is 5.52 Å². The number of carbonyl (C=O) groups excluding carboxylic acids is 1. The van der Waals surface area contributed by atoms with Gasteiger partial charge < -0.3 is 4.74 Å². The van der Waals surface area contributed by atoms with E-state index in [1.165, 1.54) is 7.11 Å². The Kier molecular flexibility index (Phi) is 2.13. The molecule has 0 bridgehead atoms. The number of halogens is 1. The molecule has 0 amide bonds. The molecule has 0 spiro atoms. The van der Waals surface area contributed by atoms with Crippen LogP contribution in [0.2, 0.25) is 5.02 Å². The molecule has 2 rings (SSSR count). The summed E-state index contributed by atoms with van der Waals surface area (Å²) in [5.74, 6) is -0.253. The zero-order valence-electron chi connectivity index (χ0n) is 7.40. The summed E-state index contributed by atoms with van der Waals surface area (Å²) >= 11 is 5.79. The van der Waals surface area contributed by atoms with E-state index in [-0.39, 0.29) is 5.82 Å². The fourth-order valence-corrected chi connectivity index (χ4v) is 1.37. The van der Waals surface area contributed by atoms with Gasteiger partial charge in [0.15, 0.2) is 0 Å². The first-order chi connectivity index (χ1) is 6.72. The van der Waals surface area contributed by atoms with Gasteiger partial charge in [0.1, 0.15) is 0 Å². The van der Waals surface area contributed by atoms with Gasteiger partial charge in [-0.1, -0.05) is 11.6 Å². The number of carbonyl (C=O) groups is 1. The Bertz CT molecular complexity index is 493. The molecule has 0 radical (unpaired) electrons. The fourth-order valence-electron chi connectivity index (χ4n) is 1.21. The zero-order chi connectivity index (χ0) is 10.1. The van der Waals surface area contributed by atoms with Crippen molar-refractivity contribution in [2.24, 2.45) is 0 Å². The van der Waals surface area contributed by atoms with E-state index in [1.54, 1.807) is 28.9 Å². The number of nitrogens with zero attached hydrogens (tertiary/aromatic N) is 2. The molecule has 5 heteroatoms. The van der Waals surface area contributed by atoms with Gasteiger partial charge in [0.05, 0.1) is 23.8 Å². The van der Waals surface area contributed by atoms with Crippen LogP contribution in [0.5, 0.6) is 0 Å². The molecule has 2 heterocycles. The number of hydrogen-bond acceptors (Lipinski definition) is 3. The number of esters is 1. The topological polar surface area (TPSA) is 43.6 Å². The molecule has 0 aliphatic heterocycles. The third-order valence-electron chi connectivity index (χ3n) is 1.86. The van der Waals surface area contributed by atoms with E-state index >= 15 is 0 Å². The van der Waals surface area contributed by atoms with Gasteiger partial charge in [0.2, 0.25) is 5.82 Å². The average molecular weight is 211 g/mol. The number of rotatable bonds is 1. The lowest BCUT2D eigenvalue weighted by molar-refractivity contribution is 0.0586. The highest BCUT2D eigenvalue weighted by Crippen LogP contribution is 2.13. The molecule has 72 valence electrons. The summed E-state index contributed by atoms with van der Waals surface area (Å²) in [6.07, 6.45) is 3.21. The summed E-state index contributed by atoms with van der Waals surface area (Å²) in [6, 6.07) is 3.52. The van der Waals surface area contributed by atoms with Crippen LogP contribution in [0.1, 0.15) is 10.6 Å². The van der Waals surface area contributed by atoms with Crippen LogP contribution >= 0.6 is 11.6 Å². The van der Waals surface area contributed by atoms with E-state index in [2.05, 4.69) is 9.72 Å². The fraction of sp³-hybridized carbons (Fsp3) is 0.111. The van der Waals surface area contributed by atoms with Crippen LogP contribution in [0.3, 0.4) is 0 Å². The lowest BCUT2D eigenvalue weighted by atomic mass is 10.4. The first kappa shape index (κ1) is 9.02. The third kappa shape index (κ3) is 1.33. The van der Waals surface area contributed by atoms with Crippen LogP contribution in [-0.4, -0.2) is 22.5 Å². The summed E-state index contributed by atoms with van der Waals surface area (Å²) in [4.78, 5) is 15.2. The number of fused-ring (bicyclic) bond motifs is 1. The Morgan fingerprint density at radius 3 is 3.07 bits per heavy atom. The maximum absolute atomic E-state index is 11.3. The summed E-state index contributed by atoms with van der Waals surface area (Å²) in [6.45, 7) is 0. The molecule has 14 heavy (non-hydrogen) atoms. The molecule has 0 aliphatic rings. The van der Waals surface area contributed by atoms with Crippen molar-refractivity contribution in [2.45, 2.75) is 0 Å². The van der Waals surface area contributed by atoms with Crippen molar-refractivity contribution in [1.29, 1.82) is 0 Å². The molecule has 0 saturated heterocycles. The first-order valence-corrected chi connectivity index (χ1v) is 4.31. The van der Waals surface area contributed by atoms with Gasteiger partial charge in [0, 0.05) is 6.20 Å². The van der Waals surface area contributed by atoms with Crippen molar-refractivity contribution in [1.82, 2.24) is 9.38 Å². The van der Waals surface area contributed by atoms with E-state index in [0.29, 0.717) is 5.02 Å². The van der Waals surface area contributed by atoms with Gasteiger partial charge in [0.25, 0.3) is 0 Å². The van der Waals surface area contributed by atoms with Gasteiger partial charge in [-0.15, -0.1) is 0 Å². The number of methoxy groups -OCH3 is 1. The van der Waals surface area contributed by atoms with Crippen molar-refractivity contribution >= 4 is 23.1 Å². The first-order valence-electron chi connectivity index (χ1n) is 3.93. The quantitative estimate of drug-likeness (QED) is 0.674. The van der Waals surface area contributed by atoms with E-state index in [1.807, 2.05) is 0 Å². The monoisotopic (exact) mass is 210 g/mol. The molecule has 0 saturated carbocycles. The van der Waals surface area contributed by atoms with Crippen molar-refractivity contribution in [3.05, 3.63) is 35.4 Å². The number of hydrogen-bond donors (Lipinski definition) is 0. The predicted molar refractivity (Wildman–Crippen MR) is 51.5 cm³/mol. The van der Waals surface area contributed by atoms with Gasteiger partial charge in [-0.25, -0.2) is 9.78 Å². The maximum Gasteiger partial charge on any atom is 0.374 e. The molecule has 4 nitrogen and oxygen atoms in total. The van der Waals surface area contributed by atoms with Crippen LogP contribution in [0, 0.1) is 0 Å². The van der Waals surface area contributed by atoms with E-state index in [9.17, 15) is 4.79 Å². The van der Waals surface area contributed by atoms with Gasteiger partial charge in [-0.05, 0) is 12.1 Å². The van der Waals surface area contributed by atoms with Gasteiger partial charge in [-0.2, -0.15) is 0 Å². The Morgan fingerprint density at radius 1 is 1.57 bits per heavy atom. The minimum atomic E-state index is -0.479. The molecule has 0 fully saturated rings. The van der Waals surface area contributed by atoms with Crippen molar-refractivity contribution < 1.29 is 9.53 Å². The Balaban J connectivity index is 2.67. The minimum absolute atomic E-state index is 0.227. The summed E-state index contributed by atoms with van der Waals surface area (Å²) in [5, 5.41) is 0.542. The zero-order valence-corrected chi connectivity index (χ0v) is 8.15. The maximum atomic E-state index is 11.3. The smallest absolute Gasteiger partial charge is 0.374 e. The van der Waals surface area contributed by atoms with Crippen LogP contribution in [0.25, 0.3) is 5.52 Å². The van der Waals surface area contributed by atoms with Crippen LogP contribution in [0.15, 0.2) is 24.5 Å². The van der Waals surface area contributed by atoms with Crippen molar-refractivity contribution in [2.75, 3.05) is 7.11 Å². The Morgan fingerprint density at radius 2 is 2.36 bits per heavy atom. The van der Waals surface area contributed by atoms with Crippen LogP contribution in [0.4, 0.5) is 0 Å². The molecule has 0 aromatic carbocycles. The number of ether oxygens (including phenoxy) is 1. The molecule has 0 atom stereocenters. The lowest BCUT2D eigenvalue weighted by Crippen LogP contribution is -2.06. The molecule has 0 unspecified atom stereocenters. The average Bonchev–Trinajstić information content (AvgIpc) is 2.59. The predicted octanol–water partition coefficient (Wildman–Crippen LogP) is 1.77. The van der Waals surface area contributed by atoms with Crippen LogP contribution < -0.4 is 0 Å². The summed E-state index contributed by atoms with van der Waals surface area (Å²) in [5.41, 5.74) is 0.801. The number of aromatic nitrogens is 2. The van der Waals surface area contributed by atoms with Gasteiger partial charge >= 0.3 is 5.97 Å². The molecular formula is C9H7ClN2O2. The molecular weight excluding hydrogens is 204 g/mol. The summed E-state index contributed by atoms with van der Waals surface area (Å²) in [7, 11) is 1.31. The second-order valence-corrected chi connectivity index (χ2v) is 3.15. The SMILES string of the molecule is COC(=O)c1ncc2ccc(Cl)cn12. The van der Waals surface area contributed by atoms with E-state index < -0.39 is 5.97 Å². The highest BCUT2D eigenvalue weighted by molar-refractivity contribution is 6.30. The highest BCUT2D eigenvalue weighted by atomic mass is 35.5. The standard InChI is InChI=1S/C9H7ClN2O2/c1-14-9(13)8-11-4-7-3-2-6(10)5-12(7)8/h2-5H,1H3. The van der Waals surface area contributed by atoms with Crippen molar-refractivity contribution in [3.63, 3.8) is 0 Å². The third-order valence-corrected chi connectivity index (χ3v) is 2.08. The van der Waals surface area contributed by atoms with Crippen LogP contribution in [-0.2, 0) is 4.74 Å². The highest BCUT2D eigenvalue weighted by Gasteiger charge is 2.12.